The summed E-state index contributed by atoms with van der Waals surface area (Å²) < 4.78 is 31.9. The summed E-state index contributed by atoms with van der Waals surface area (Å²) in [5.74, 6) is -0.0949. The standard InChI is InChI=1S/C19H21ClN2O4S/c1-26-14-15-2-4-16(5-3-15)19(23)21-10-12-22(13-11-21)27(24,25)18-8-6-17(20)7-9-18/h2-9H,10-14H2,1H3. The maximum absolute atomic E-state index is 12.7. The molecule has 0 spiro atoms. The van der Waals surface area contributed by atoms with Gasteiger partial charge in [-0.25, -0.2) is 8.42 Å². The van der Waals surface area contributed by atoms with E-state index in [1.807, 2.05) is 12.1 Å². The van der Waals surface area contributed by atoms with Crippen LogP contribution < -0.4 is 0 Å². The van der Waals surface area contributed by atoms with Gasteiger partial charge in [0.05, 0.1) is 11.5 Å². The van der Waals surface area contributed by atoms with Gasteiger partial charge in [-0.2, -0.15) is 4.31 Å². The molecule has 0 radical (unpaired) electrons. The van der Waals surface area contributed by atoms with Crippen LogP contribution in [0.1, 0.15) is 15.9 Å². The zero-order chi connectivity index (χ0) is 19.4. The smallest absolute Gasteiger partial charge is 0.253 e. The third-order valence-corrected chi connectivity index (χ3v) is 6.65. The molecule has 2 aromatic rings. The van der Waals surface area contributed by atoms with Crippen molar-refractivity contribution >= 4 is 27.5 Å². The van der Waals surface area contributed by atoms with Crippen molar-refractivity contribution < 1.29 is 17.9 Å². The molecule has 27 heavy (non-hydrogen) atoms. The molecular weight excluding hydrogens is 388 g/mol. The Bertz CT molecular complexity index is 890. The van der Waals surface area contributed by atoms with E-state index in [1.54, 1.807) is 36.3 Å². The largest absolute Gasteiger partial charge is 0.380 e. The quantitative estimate of drug-likeness (QED) is 0.762. The van der Waals surface area contributed by atoms with Crippen LogP contribution in [0.25, 0.3) is 0 Å². The topological polar surface area (TPSA) is 66.9 Å². The second-order valence-electron chi connectivity index (χ2n) is 6.28. The molecule has 1 amide bonds. The first-order chi connectivity index (χ1) is 12.9. The molecule has 0 atom stereocenters. The molecule has 0 bridgehead atoms. The van der Waals surface area contributed by atoms with Crippen molar-refractivity contribution in [3.8, 4) is 0 Å². The number of carbonyl (C=O) groups excluding carboxylic acids is 1. The second-order valence-corrected chi connectivity index (χ2v) is 8.65. The van der Waals surface area contributed by atoms with Gasteiger partial charge in [0, 0.05) is 43.9 Å². The molecule has 3 rings (SSSR count). The number of benzene rings is 2. The number of nitrogens with zero attached hydrogens (tertiary/aromatic N) is 2. The maximum Gasteiger partial charge on any atom is 0.253 e. The van der Waals surface area contributed by atoms with Crippen molar-refractivity contribution in [2.45, 2.75) is 11.5 Å². The molecule has 0 saturated carbocycles. The Balaban J connectivity index is 1.64. The molecule has 1 fully saturated rings. The van der Waals surface area contributed by atoms with Gasteiger partial charge < -0.3 is 9.64 Å². The predicted octanol–water partition coefficient (Wildman–Crippen LogP) is 2.63. The van der Waals surface area contributed by atoms with Crippen LogP contribution in [0.4, 0.5) is 0 Å². The number of halogens is 1. The number of carbonyl (C=O) groups is 1. The monoisotopic (exact) mass is 408 g/mol. The molecule has 1 heterocycles. The third kappa shape index (κ3) is 4.50. The number of hydrogen-bond donors (Lipinski definition) is 0. The van der Waals surface area contributed by atoms with Gasteiger partial charge in [0.2, 0.25) is 10.0 Å². The van der Waals surface area contributed by atoms with E-state index in [-0.39, 0.29) is 23.9 Å². The van der Waals surface area contributed by atoms with Crippen molar-refractivity contribution in [3.63, 3.8) is 0 Å². The van der Waals surface area contributed by atoms with Crippen LogP contribution in [0.2, 0.25) is 5.02 Å². The number of amides is 1. The normalized spacial score (nSPS) is 15.7. The predicted molar refractivity (Wildman–Crippen MR) is 103 cm³/mol. The highest BCUT2D eigenvalue weighted by Crippen LogP contribution is 2.20. The fourth-order valence-electron chi connectivity index (χ4n) is 2.98. The van der Waals surface area contributed by atoms with Gasteiger partial charge in [-0.05, 0) is 42.0 Å². The molecule has 0 aliphatic carbocycles. The second kappa shape index (κ2) is 8.39. The van der Waals surface area contributed by atoms with Crippen molar-refractivity contribution in [1.29, 1.82) is 0 Å². The number of methoxy groups -OCH3 is 1. The van der Waals surface area contributed by atoms with E-state index in [1.165, 1.54) is 16.4 Å². The molecule has 2 aromatic carbocycles. The van der Waals surface area contributed by atoms with Crippen LogP contribution >= 0.6 is 11.6 Å². The zero-order valence-electron chi connectivity index (χ0n) is 15.0. The summed E-state index contributed by atoms with van der Waals surface area (Å²) in [7, 11) is -1.96. The molecular formula is C19H21ClN2O4S. The van der Waals surface area contributed by atoms with Gasteiger partial charge in [0.25, 0.3) is 5.91 Å². The number of sulfonamides is 1. The average Bonchev–Trinajstić information content (AvgIpc) is 2.69. The van der Waals surface area contributed by atoms with Crippen LogP contribution in [0.15, 0.2) is 53.4 Å². The van der Waals surface area contributed by atoms with Crippen molar-refractivity contribution in [2.75, 3.05) is 33.3 Å². The lowest BCUT2D eigenvalue weighted by atomic mass is 10.1. The minimum atomic E-state index is -3.58. The number of piperazine rings is 1. The van der Waals surface area contributed by atoms with Gasteiger partial charge in [-0.1, -0.05) is 23.7 Å². The maximum atomic E-state index is 12.7. The third-order valence-electron chi connectivity index (χ3n) is 4.49. The van der Waals surface area contributed by atoms with Gasteiger partial charge in [0.1, 0.15) is 0 Å². The minimum absolute atomic E-state index is 0.0949. The highest BCUT2D eigenvalue weighted by atomic mass is 35.5. The van der Waals surface area contributed by atoms with Gasteiger partial charge >= 0.3 is 0 Å². The van der Waals surface area contributed by atoms with E-state index < -0.39 is 10.0 Å². The van der Waals surface area contributed by atoms with Gasteiger partial charge in [-0.15, -0.1) is 0 Å². The van der Waals surface area contributed by atoms with Crippen molar-refractivity contribution in [1.82, 2.24) is 9.21 Å². The van der Waals surface area contributed by atoms with Crippen LogP contribution in [0, 0.1) is 0 Å². The highest BCUT2D eigenvalue weighted by molar-refractivity contribution is 7.89. The van der Waals surface area contributed by atoms with Crippen LogP contribution in [-0.4, -0.2) is 56.8 Å². The first-order valence-electron chi connectivity index (χ1n) is 8.54. The van der Waals surface area contributed by atoms with Crippen LogP contribution in [0.5, 0.6) is 0 Å². The van der Waals surface area contributed by atoms with E-state index in [0.717, 1.165) is 5.56 Å². The number of hydrogen-bond acceptors (Lipinski definition) is 4. The Labute approximate surface area is 164 Å². The molecule has 144 valence electrons. The van der Waals surface area contributed by atoms with E-state index in [9.17, 15) is 13.2 Å². The molecule has 1 aliphatic rings. The Kier molecular flexibility index (Phi) is 6.16. The van der Waals surface area contributed by atoms with Crippen molar-refractivity contribution in [3.05, 3.63) is 64.7 Å². The Morgan fingerprint density at radius 1 is 1.00 bits per heavy atom. The molecule has 0 N–H and O–H groups in total. The lowest BCUT2D eigenvalue weighted by Gasteiger charge is -2.34. The summed E-state index contributed by atoms with van der Waals surface area (Å²) in [5.41, 5.74) is 1.58. The summed E-state index contributed by atoms with van der Waals surface area (Å²) in [6.45, 7) is 1.73. The van der Waals surface area contributed by atoms with E-state index in [4.69, 9.17) is 16.3 Å². The average molecular weight is 409 g/mol. The zero-order valence-corrected chi connectivity index (χ0v) is 16.5. The van der Waals surface area contributed by atoms with Crippen LogP contribution in [-0.2, 0) is 21.4 Å². The SMILES string of the molecule is COCc1ccc(C(=O)N2CCN(S(=O)(=O)c3ccc(Cl)cc3)CC2)cc1. The summed E-state index contributed by atoms with van der Waals surface area (Å²) in [5, 5.41) is 0.487. The lowest BCUT2D eigenvalue weighted by Crippen LogP contribution is -2.50. The lowest BCUT2D eigenvalue weighted by molar-refractivity contribution is 0.0698. The molecule has 8 heteroatoms. The summed E-state index contributed by atoms with van der Waals surface area (Å²) in [4.78, 5) is 14.5. The summed E-state index contributed by atoms with van der Waals surface area (Å²) in [6.07, 6.45) is 0. The van der Waals surface area contributed by atoms with Gasteiger partial charge in [-0.3, -0.25) is 4.79 Å². The summed E-state index contributed by atoms with van der Waals surface area (Å²) in [6, 6.07) is 13.4. The fraction of sp³-hybridized carbons (Fsp3) is 0.316. The molecule has 6 nitrogen and oxygen atoms in total. The Morgan fingerprint density at radius 2 is 1.59 bits per heavy atom. The van der Waals surface area contributed by atoms with Crippen molar-refractivity contribution in [2.24, 2.45) is 0 Å². The van der Waals surface area contributed by atoms with E-state index in [2.05, 4.69) is 0 Å². The van der Waals surface area contributed by atoms with E-state index in [0.29, 0.717) is 30.3 Å². The number of ether oxygens (including phenoxy) is 1. The molecule has 0 unspecified atom stereocenters. The first kappa shape index (κ1) is 19.8. The summed E-state index contributed by atoms with van der Waals surface area (Å²) >= 11 is 5.83. The van der Waals surface area contributed by atoms with Crippen LogP contribution in [0.3, 0.4) is 0 Å². The fourth-order valence-corrected chi connectivity index (χ4v) is 4.53. The molecule has 1 aliphatic heterocycles. The highest BCUT2D eigenvalue weighted by Gasteiger charge is 2.30. The van der Waals surface area contributed by atoms with Gasteiger partial charge in [0.15, 0.2) is 0 Å². The van der Waals surface area contributed by atoms with E-state index >= 15 is 0 Å². The number of rotatable bonds is 5. The molecule has 0 aromatic heterocycles. The molecule has 1 saturated heterocycles. The Morgan fingerprint density at radius 3 is 2.15 bits per heavy atom. The first-order valence-corrected chi connectivity index (χ1v) is 10.4. The minimum Gasteiger partial charge on any atom is -0.380 e. The Hall–Kier alpha value is -1.93.